The van der Waals surface area contributed by atoms with Crippen molar-refractivity contribution in [3.8, 4) is 0 Å². The summed E-state index contributed by atoms with van der Waals surface area (Å²) in [5, 5.41) is 3.41. The van der Waals surface area contributed by atoms with E-state index in [9.17, 15) is 14.4 Å². The largest absolute Gasteiger partial charge is 0.462 e. The Morgan fingerprint density at radius 2 is 1.86 bits per heavy atom. The topological polar surface area (TPSA) is 102 Å². The van der Waals surface area contributed by atoms with Gasteiger partial charge < -0.3 is 15.8 Å². The maximum atomic E-state index is 14.0. The maximum Gasteiger partial charge on any atom is 0.339 e. The lowest BCUT2D eigenvalue weighted by Crippen LogP contribution is -2.54. The Morgan fingerprint density at radius 1 is 1.14 bits per heavy atom. The van der Waals surface area contributed by atoms with Crippen molar-refractivity contribution >= 4 is 40.6 Å². The maximum absolute atomic E-state index is 14.0. The number of hydrogen-bond acceptors (Lipinski definition) is 6. The minimum atomic E-state index is -1.71. The molecule has 1 amide bonds. The molecule has 3 N–H and O–H groups in total. The first-order chi connectivity index (χ1) is 17.0. The zero-order valence-electron chi connectivity index (χ0n) is 20.7. The van der Waals surface area contributed by atoms with Crippen molar-refractivity contribution in [1.82, 2.24) is 0 Å². The predicted octanol–water partition coefficient (Wildman–Crippen LogP) is 4.74. The average Bonchev–Trinajstić information content (AvgIpc) is 3.07. The van der Waals surface area contributed by atoms with E-state index in [0.29, 0.717) is 34.1 Å². The van der Waals surface area contributed by atoms with Crippen LogP contribution in [0.1, 0.15) is 44.7 Å². The van der Waals surface area contributed by atoms with Crippen molar-refractivity contribution in [2.45, 2.75) is 46.0 Å². The molecule has 2 aliphatic heterocycles. The number of Topliss-reactive ketones (excluding diaryl/α,β-unsaturated/α-hetero) is 1. The van der Waals surface area contributed by atoms with Gasteiger partial charge in [-0.05, 0) is 49.4 Å². The van der Waals surface area contributed by atoms with Crippen molar-refractivity contribution in [3.05, 3.63) is 81.3 Å². The van der Waals surface area contributed by atoms with E-state index in [1.165, 1.54) is 0 Å². The van der Waals surface area contributed by atoms with Gasteiger partial charge in [0.2, 0.25) is 5.91 Å². The molecular weight excluding hydrogens is 478 g/mol. The predicted molar refractivity (Wildman–Crippen MR) is 138 cm³/mol. The molecule has 3 aliphatic rings. The van der Waals surface area contributed by atoms with Gasteiger partial charge in [-0.25, -0.2) is 4.79 Å². The number of benzene rings is 2. The number of nitrogens with zero attached hydrogens (tertiary/aromatic N) is 1. The number of amides is 1. The van der Waals surface area contributed by atoms with Crippen LogP contribution >= 0.6 is 11.6 Å². The number of esters is 1. The molecule has 1 spiro atoms. The van der Waals surface area contributed by atoms with E-state index in [1.54, 1.807) is 48.2 Å². The van der Waals surface area contributed by atoms with Gasteiger partial charge in [0.25, 0.3) is 0 Å². The molecule has 0 radical (unpaired) electrons. The van der Waals surface area contributed by atoms with E-state index in [4.69, 9.17) is 22.1 Å². The summed E-state index contributed by atoms with van der Waals surface area (Å²) < 4.78 is 5.45. The van der Waals surface area contributed by atoms with Crippen LogP contribution < -0.4 is 16.0 Å². The SMILES string of the molecule is CCOC(=O)C1=C(N)N(c2cccc(Cl)c2C)C2=C(C(=O)CC(C)(C)C2)C12C(=O)Nc1ccccc12. The lowest BCUT2D eigenvalue weighted by Gasteiger charge is -2.47. The third-order valence-electron chi connectivity index (χ3n) is 7.25. The third kappa shape index (κ3) is 3.22. The second-order valence-electron chi connectivity index (χ2n) is 10.2. The van der Waals surface area contributed by atoms with Gasteiger partial charge in [0.15, 0.2) is 5.78 Å². The highest BCUT2D eigenvalue weighted by Gasteiger charge is 2.63. The molecule has 186 valence electrons. The number of anilines is 2. The van der Waals surface area contributed by atoms with Crippen molar-refractivity contribution < 1.29 is 19.1 Å². The van der Waals surface area contributed by atoms with Gasteiger partial charge in [-0.3, -0.25) is 14.5 Å². The summed E-state index contributed by atoms with van der Waals surface area (Å²) in [5.41, 5.74) is 7.99. The summed E-state index contributed by atoms with van der Waals surface area (Å²) in [5.74, 6) is -1.38. The minimum absolute atomic E-state index is 0.0509. The standard InChI is InChI=1S/C28H28ClN3O4/c1-5-36-25(34)23-24(30)32(19-12-8-10-17(29)15(19)2)20-13-27(3,4)14-21(33)22(20)28(23)16-9-6-7-11-18(16)31-26(28)35/h6-12H,5,13-14,30H2,1-4H3,(H,31,35). The van der Waals surface area contributed by atoms with Crippen molar-refractivity contribution in [2.24, 2.45) is 11.1 Å². The summed E-state index contributed by atoms with van der Waals surface area (Å²) in [7, 11) is 0. The molecule has 0 aromatic heterocycles. The molecule has 1 atom stereocenters. The number of nitrogens with one attached hydrogen (secondary N) is 1. The van der Waals surface area contributed by atoms with Gasteiger partial charge in [0.05, 0.1) is 12.3 Å². The molecule has 5 rings (SSSR count). The fourth-order valence-electron chi connectivity index (χ4n) is 5.81. The monoisotopic (exact) mass is 505 g/mol. The Bertz CT molecular complexity index is 1410. The number of nitrogens with two attached hydrogens (primary N) is 1. The molecule has 0 saturated heterocycles. The molecule has 7 nitrogen and oxygen atoms in total. The lowest BCUT2D eigenvalue weighted by molar-refractivity contribution is -0.140. The normalized spacial score (nSPS) is 22.5. The first-order valence-electron chi connectivity index (χ1n) is 11.9. The van der Waals surface area contributed by atoms with Crippen molar-refractivity contribution in [1.29, 1.82) is 0 Å². The van der Waals surface area contributed by atoms with Gasteiger partial charge >= 0.3 is 5.97 Å². The zero-order chi connectivity index (χ0) is 26.0. The average molecular weight is 506 g/mol. The van der Waals surface area contributed by atoms with Crippen LogP contribution in [-0.4, -0.2) is 24.3 Å². The molecule has 1 unspecified atom stereocenters. The van der Waals surface area contributed by atoms with Gasteiger partial charge in [0.1, 0.15) is 16.8 Å². The van der Waals surface area contributed by atoms with Gasteiger partial charge in [0, 0.05) is 34.0 Å². The molecule has 0 saturated carbocycles. The Balaban J connectivity index is 1.94. The minimum Gasteiger partial charge on any atom is -0.462 e. The number of fused-ring (bicyclic) bond motifs is 3. The van der Waals surface area contributed by atoms with Gasteiger partial charge in [-0.1, -0.05) is 49.7 Å². The molecule has 36 heavy (non-hydrogen) atoms. The van der Waals surface area contributed by atoms with Crippen LogP contribution in [0.5, 0.6) is 0 Å². The van der Waals surface area contributed by atoms with E-state index in [2.05, 4.69) is 5.32 Å². The number of ether oxygens (including phenoxy) is 1. The van der Waals surface area contributed by atoms with Gasteiger partial charge in [-0.15, -0.1) is 0 Å². The summed E-state index contributed by atoms with van der Waals surface area (Å²) in [6.07, 6.45) is 0.690. The first-order valence-corrected chi connectivity index (χ1v) is 12.3. The molecule has 2 aromatic carbocycles. The van der Waals surface area contributed by atoms with Crippen molar-refractivity contribution in [3.63, 3.8) is 0 Å². The fraction of sp³-hybridized carbons (Fsp3) is 0.321. The molecule has 1 aliphatic carbocycles. The van der Waals surface area contributed by atoms with Crippen LogP contribution in [0.2, 0.25) is 5.02 Å². The molecule has 2 aromatic rings. The number of rotatable bonds is 3. The Hall–Kier alpha value is -3.58. The number of allylic oxidation sites excluding steroid dienone is 1. The number of halogens is 1. The Morgan fingerprint density at radius 3 is 2.58 bits per heavy atom. The summed E-state index contributed by atoms with van der Waals surface area (Å²) in [4.78, 5) is 43.3. The van der Waals surface area contributed by atoms with Crippen LogP contribution in [0.25, 0.3) is 0 Å². The second kappa shape index (κ2) is 8.23. The Kier molecular flexibility index (Phi) is 5.52. The quantitative estimate of drug-likeness (QED) is 0.584. The third-order valence-corrected chi connectivity index (χ3v) is 7.66. The molecule has 0 fully saturated rings. The van der Waals surface area contributed by atoms with E-state index in [0.717, 1.165) is 5.56 Å². The number of carbonyl (C=O) groups excluding carboxylic acids is 3. The van der Waals surface area contributed by atoms with Crippen LogP contribution in [0, 0.1) is 12.3 Å². The number of ketones is 1. The van der Waals surface area contributed by atoms with Gasteiger partial charge in [-0.2, -0.15) is 0 Å². The highest BCUT2D eigenvalue weighted by molar-refractivity contribution is 6.31. The molecule has 8 heteroatoms. The Labute approximate surface area is 214 Å². The number of carbonyl (C=O) groups is 3. The van der Waals surface area contributed by atoms with Crippen LogP contribution in [0.4, 0.5) is 11.4 Å². The molecular formula is C28H28ClN3O4. The highest BCUT2D eigenvalue weighted by Crippen LogP contribution is 2.57. The molecule has 0 bridgehead atoms. The lowest BCUT2D eigenvalue weighted by atomic mass is 9.60. The summed E-state index contributed by atoms with van der Waals surface area (Å²) >= 11 is 6.48. The highest BCUT2D eigenvalue weighted by atomic mass is 35.5. The fourth-order valence-corrected chi connectivity index (χ4v) is 5.98. The summed E-state index contributed by atoms with van der Waals surface area (Å²) in [6, 6.07) is 12.5. The van der Waals surface area contributed by atoms with E-state index in [1.807, 2.05) is 26.8 Å². The van der Waals surface area contributed by atoms with E-state index in [-0.39, 0.29) is 35.8 Å². The zero-order valence-corrected chi connectivity index (χ0v) is 21.5. The summed E-state index contributed by atoms with van der Waals surface area (Å²) in [6.45, 7) is 7.64. The first kappa shape index (κ1) is 24.1. The number of hydrogen-bond donors (Lipinski definition) is 2. The van der Waals surface area contributed by atoms with Crippen LogP contribution in [-0.2, 0) is 24.5 Å². The van der Waals surface area contributed by atoms with Crippen LogP contribution in [0.3, 0.4) is 0 Å². The smallest absolute Gasteiger partial charge is 0.339 e. The number of para-hydroxylation sites is 1. The molecule has 2 heterocycles. The second-order valence-corrected chi connectivity index (χ2v) is 10.6. The van der Waals surface area contributed by atoms with E-state index >= 15 is 0 Å². The van der Waals surface area contributed by atoms with Crippen molar-refractivity contribution in [2.75, 3.05) is 16.8 Å². The van der Waals surface area contributed by atoms with Crippen LogP contribution in [0.15, 0.2) is 65.1 Å². The van der Waals surface area contributed by atoms with E-state index < -0.39 is 22.7 Å².